The van der Waals surface area contributed by atoms with E-state index in [1.807, 2.05) is 16.7 Å². The number of hydrogen-bond donors (Lipinski definition) is 1. The molecular formula is C25H25FN4O. The summed E-state index contributed by atoms with van der Waals surface area (Å²) in [6.07, 6.45) is 11.1. The number of aliphatic hydroxyl groups is 1. The molecule has 1 atom stereocenters. The fraction of sp³-hybridized carbons (Fsp3) is 0.360. The Bertz CT molecular complexity index is 1260. The molecule has 158 valence electrons. The SMILES string of the molecule is O[C@@H](c1c(C2CC2)ccn2cncc12)C1CCN(c2ccc(F)c3cccnc23)CC1. The third-order valence-electron chi connectivity index (χ3n) is 7.00. The van der Waals surface area contributed by atoms with E-state index in [-0.39, 0.29) is 11.7 Å². The minimum atomic E-state index is -0.499. The molecule has 1 saturated heterocycles. The van der Waals surface area contributed by atoms with Crippen molar-refractivity contribution in [2.45, 2.75) is 37.7 Å². The Morgan fingerprint density at radius 2 is 1.90 bits per heavy atom. The van der Waals surface area contributed by atoms with Crippen LogP contribution in [0.4, 0.5) is 10.1 Å². The Kier molecular flexibility index (Phi) is 4.42. The van der Waals surface area contributed by atoms with Crippen LogP contribution in [0.15, 0.2) is 55.2 Å². The van der Waals surface area contributed by atoms with Gasteiger partial charge in [-0.2, -0.15) is 0 Å². The molecule has 6 rings (SSSR count). The fourth-order valence-electron chi connectivity index (χ4n) is 5.17. The van der Waals surface area contributed by atoms with Crippen molar-refractivity contribution >= 4 is 22.1 Å². The van der Waals surface area contributed by atoms with Crippen LogP contribution in [0.3, 0.4) is 0 Å². The molecular weight excluding hydrogens is 391 g/mol. The van der Waals surface area contributed by atoms with E-state index < -0.39 is 6.10 Å². The highest BCUT2D eigenvalue weighted by Gasteiger charge is 2.34. The molecule has 0 radical (unpaired) electrons. The molecule has 0 spiro atoms. The summed E-state index contributed by atoms with van der Waals surface area (Å²) in [4.78, 5) is 11.0. The summed E-state index contributed by atoms with van der Waals surface area (Å²) in [5.74, 6) is 0.523. The largest absolute Gasteiger partial charge is 0.388 e. The number of halogens is 1. The normalized spacial score (nSPS) is 18.7. The number of hydrogen-bond acceptors (Lipinski definition) is 4. The molecule has 1 aliphatic carbocycles. The molecule has 4 aromatic rings. The lowest BCUT2D eigenvalue weighted by Crippen LogP contribution is -2.36. The molecule has 0 amide bonds. The summed E-state index contributed by atoms with van der Waals surface area (Å²) < 4.78 is 16.2. The summed E-state index contributed by atoms with van der Waals surface area (Å²) in [6, 6.07) is 9.08. The highest BCUT2D eigenvalue weighted by Crippen LogP contribution is 2.46. The topological polar surface area (TPSA) is 53.7 Å². The van der Waals surface area contributed by atoms with Gasteiger partial charge >= 0.3 is 0 Å². The minimum absolute atomic E-state index is 0.189. The van der Waals surface area contributed by atoms with Crippen LogP contribution < -0.4 is 4.90 Å². The second kappa shape index (κ2) is 7.31. The van der Waals surface area contributed by atoms with Crippen LogP contribution in [0, 0.1) is 11.7 Å². The van der Waals surface area contributed by atoms with Crippen LogP contribution in [-0.2, 0) is 0 Å². The number of aromatic nitrogens is 3. The number of benzene rings is 1. The highest BCUT2D eigenvalue weighted by molar-refractivity contribution is 5.91. The molecule has 3 aromatic heterocycles. The van der Waals surface area contributed by atoms with Crippen LogP contribution in [0.2, 0.25) is 0 Å². The van der Waals surface area contributed by atoms with Crippen LogP contribution in [-0.4, -0.2) is 32.6 Å². The summed E-state index contributed by atoms with van der Waals surface area (Å²) in [7, 11) is 0. The van der Waals surface area contributed by atoms with Crippen LogP contribution >= 0.6 is 0 Å². The number of anilines is 1. The van der Waals surface area contributed by atoms with Gasteiger partial charge in [0, 0.05) is 36.4 Å². The van der Waals surface area contributed by atoms with Gasteiger partial charge in [0.1, 0.15) is 5.82 Å². The number of pyridine rings is 2. The predicted octanol–water partition coefficient (Wildman–Crippen LogP) is 4.85. The lowest BCUT2D eigenvalue weighted by Gasteiger charge is -2.36. The zero-order valence-corrected chi connectivity index (χ0v) is 17.3. The van der Waals surface area contributed by atoms with E-state index >= 15 is 0 Å². The Labute approximate surface area is 180 Å². The molecule has 31 heavy (non-hydrogen) atoms. The Balaban J connectivity index is 1.27. The molecule has 1 aliphatic heterocycles. The van der Waals surface area contributed by atoms with Crippen LogP contribution in [0.5, 0.6) is 0 Å². The zero-order chi connectivity index (χ0) is 20.9. The number of piperidine rings is 1. The van der Waals surface area contributed by atoms with Crippen molar-refractivity contribution in [2.75, 3.05) is 18.0 Å². The molecule has 5 nitrogen and oxygen atoms in total. The van der Waals surface area contributed by atoms with Crippen molar-refractivity contribution in [1.82, 2.24) is 14.4 Å². The van der Waals surface area contributed by atoms with Crippen molar-refractivity contribution < 1.29 is 9.50 Å². The van der Waals surface area contributed by atoms with E-state index in [4.69, 9.17) is 0 Å². The summed E-state index contributed by atoms with van der Waals surface area (Å²) in [6.45, 7) is 1.64. The highest BCUT2D eigenvalue weighted by atomic mass is 19.1. The average Bonchev–Trinajstić information content (AvgIpc) is 3.55. The quantitative estimate of drug-likeness (QED) is 0.517. The van der Waals surface area contributed by atoms with Crippen LogP contribution in [0.1, 0.15) is 48.8 Å². The molecule has 1 N–H and O–H groups in total. The monoisotopic (exact) mass is 416 g/mol. The second-order valence-electron chi connectivity index (χ2n) is 8.88. The molecule has 4 heterocycles. The Morgan fingerprint density at radius 3 is 2.71 bits per heavy atom. The molecule has 6 heteroatoms. The third-order valence-corrected chi connectivity index (χ3v) is 7.00. The molecule has 2 aliphatic rings. The number of aliphatic hydroxyl groups excluding tert-OH is 1. The standard InChI is InChI=1S/C25H25FN4O/c26-20-5-6-21(24-19(20)2-1-10-28-24)29-11-7-17(8-12-29)25(31)23-18(16-3-4-16)9-13-30-15-27-14-22(23)30/h1-2,5-6,9-10,13-17,25,31H,3-4,7-8,11-12H2/t25-/m1/s1. The van der Waals surface area contributed by atoms with Gasteiger partial charge in [0.25, 0.3) is 0 Å². The first-order valence-electron chi connectivity index (χ1n) is 11.1. The summed E-state index contributed by atoms with van der Waals surface area (Å²) in [5, 5.41) is 12.0. The lowest BCUT2D eigenvalue weighted by atomic mass is 9.84. The number of fused-ring (bicyclic) bond motifs is 2. The molecule has 0 unspecified atom stereocenters. The minimum Gasteiger partial charge on any atom is -0.388 e. The van der Waals surface area contributed by atoms with Crippen molar-refractivity contribution in [3.63, 3.8) is 0 Å². The van der Waals surface area contributed by atoms with Gasteiger partial charge in [0.2, 0.25) is 0 Å². The zero-order valence-electron chi connectivity index (χ0n) is 17.3. The van der Waals surface area contributed by atoms with E-state index in [9.17, 15) is 9.50 Å². The average molecular weight is 417 g/mol. The van der Waals surface area contributed by atoms with Gasteiger partial charge < -0.3 is 14.4 Å². The van der Waals surface area contributed by atoms with Gasteiger partial charge in [-0.25, -0.2) is 9.37 Å². The maximum atomic E-state index is 14.2. The van der Waals surface area contributed by atoms with Gasteiger partial charge in [-0.05, 0) is 73.4 Å². The maximum Gasteiger partial charge on any atom is 0.132 e. The van der Waals surface area contributed by atoms with Gasteiger partial charge in [-0.3, -0.25) is 4.98 Å². The summed E-state index contributed by atoms with van der Waals surface area (Å²) in [5.41, 5.74) is 5.06. The Morgan fingerprint density at radius 1 is 1.06 bits per heavy atom. The number of rotatable bonds is 4. The fourth-order valence-corrected chi connectivity index (χ4v) is 5.17. The van der Waals surface area contributed by atoms with Gasteiger partial charge in [-0.15, -0.1) is 0 Å². The molecule has 2 fully saturated rings. The third kappa shape index (κ3) is 3.17. The van der Waals surface area contributed by atoms with Crippen molar-refractivity contribution in [3.05, 3.63) is 72.2 Å². The molecule has 0 bridgehead atoms. The van der Waals surface area contributed by atoms with E-state index in [1.54, 1.807) is 24.7 Å². The van der Waals surface area contributed by atoms with Gasteiger partial charge in [0.15, 0.2) is 0 Å². The van der Waals surface area contributed by atoms with E-state index in [0.717, 1.165) is 42.7 Å². The van der Waals surface area contributed by atoms with Crippen molar-refractivity contribution in [1.29, 1.82) is 0 Å². The lowest BCUT2D eigenvalue weighted by molar-refractivity contribution is 0.0931. The van der Waals surface area contributed by atoms with Crippen molar-refractivity contribution in [2.24, 2.45) is 5.92 Å². The first-order chi connectivity index (χ1) is 15.2. The van der Waals surface area contributed by atoms with Gasteiger partial charge in [-0.1, -0.05) is 0 Å². The summed E-state index contributed by atoms with van der Waals surface area (Å²) >= 11 is 0. The van der Waals surface area contributed by atoms with E-state index in [0.29, 0.717) is 16.8 Å². The Hall–Kier alpha value is -2.99. The smallest absolute Gasteiger partial charge is 0.132 e. The first-order valence-corrected chi connectivity index (χ1v) is 11.1. The second-order valence-corrected chi connectivity index (χ2v) is 8.88. The number of imidazole rings is 1. The predicted molar refractivity (Wildman–Crippen MR) is 119 cm³/mol. The molecule has 1 saturated carbocycles. The van der Waals surface area contributed by atoms with Crippen LogP contribution in [0.25, 0.3) is 16.4 Å². The molecule has 1 aromatic carbocycles. The van der Waals surface area contributed by atoms with E-state index in [1.165, 1.54) is 24.5 Å². The van der Waals surface area contributed by atoms with E-state index in [2.05, 4.69) is 27.1 Å². The first kappa shape index (κ1) is 18.8. The van der Waals surface area contributed by atoms with Gasteiger partial charge in [0.05, 0.1) is 35.3 Å². The maximum absolute atomic E-state index is 14.2. The number of nitrogens with zero attached hydrogens (tertiary/aromatic N) is 4. The van der Waals surface area contributed by atoms with Crippen molar-refractivity contribution in [3.8, 4) is 0 Å².